The molecule has 0 aliphatic heterocycles. The molecular formula is C21H29N3O. The van der Waals surface area contributed by atoms with Gasteiger partial charge < -0.3 is 10.6 Å². The summed E-state index contributed by atoms with van der Waals surface area (Å²) in [6, 6.07) is 9.12. The third-order valence-electron chi connectivity index (χ3n) is 5.80. The monoisotopic (exact) mass is 339 g/mol. The predicted octanol–water partition coefficient (Wildman–Crippen LogP) is 4.43. The number of hydrogen-bond acceptors (Lipinski definition) is 2. The molecule has 0 aromatic heterocycles. The summed E-state index contributed by atoms with van der Waals surface area (Å²) < 4.78 is 0. The van der Waals surface area contributed by atoms with Crippen molar-refractivity contribution in [1.82, 2.24) is 10.6 Å². The average molecular weight is 339 g/mol. The highest BCUT2D eigenvalue weighted by molar-refractivity contribution is 5.74. The molecular weight excluding hydrogens is 310 g/mol. The quantitative estimate of drug-likeness (QED) is 0.852. The first kappa shape index (κ1) is 17.8. The Morgan fingerprint density at radius 2 is 2.00 bits per heavy atom. The van der Waals surface area contributed by atoms with Crippen LogP contribution < -0.4 is 10.6 Å². The van der Waals surface area contributed by atoms with Gasteiger partial charge in [0.15, 0.2) is 0 Å². The molecule has 134 valence electrons. The van der Waals surface area contributed by atoms with Gasteiger partial charge in [0.25, 0.3) is 0 Å². The predicted molar refractivity (Wildman–Crippen MR) is 99.2 cm³/mol. The van der Waals surface area contributed by atoms with Crippen molar-refractivity contribution in [3.8, 4) is 6.07 Å². The van der Waals surface area contributed by atoms with Gasteiger partial charge in [-0.15, -0.1) is 0 Å². The second-order valence-corrected chi connectivity index (χ2v) is 7.91. The number of aryl methyl sites for hydroxylation is 1. The lowest BCUT2D eigenvalue weighted by Crippen LogP contribution is -2.40. The highest BCUT2D eigenvalue weighted by Crippen LogP contribution is 2.33. The summed E-state index contributed by atoms with van der Waals surface area (Å²) in [5, 5.41) is 15.2. The van der Waals surface area contributed by atoms with Gasteiger partial charge in [-0.3, -0.25) is 0 Å². The van der Waals surface area contributed by atoms with Crippen LogP contribution in [0.15, 0.2) is 18.2 Å². The zero-order valence-corrected chi connectivity index (χ0v) is 15.3. The summed E-state index contributed by atoms with van der Waals surface area (Å²) >= 11 is 0. The van der Waals surface area contributed by atoms with Crippen LogP contribution in [0.3, 0.4) is 0 Å². The van der Waals surface area contributed by atoms with Crippen LogP contribution in [0.5, 0.6) is 0 Å². The van der Waals surface area contributed by atoms with Crippen LogP contribution in [0, 0.1) is 23.2 Å². The topological polar surface area (TPSA) is 64.9 Å². The summed E-state index contributed by atoms with van der Waals surface area (Å²) in [5.41, 5.74) is 3.99. The number of benzene rings is 1. The Balaban J connectivity index is 1.50. The normalized spacial score (nSPS) is 25.3. The first-order valence-corrected chi connectivity index (χ1v) is 9.63. The van der Waals surface area contributed by atoms with Crippen molar-refractivity contribution in [3.05, 3.63) is 34.9 Å². The summed E-state index contributed by atoms with van der Waals surface area (Å²) in [6.45, 7) is 5.12. The first-order valence-electron chi connectivity index (χ1n) is 9.63. The molecule has 1 saturated carbocycles. The molecule has 0 saturated heterocycles. The van der Waals surface area contributed by atoms with E-state index in [9.17, 15) is 4.79 Å². The molecule has 0 radical (unpaired) electrons. The minimum absolute atomic E-state index is 0.0600. The molecule has 25 heavy (non-hydrogen) atoms. The second kappa shape index (κ2) is 7.91. The molecule has 2 aliphatic rings. The van der Waals surface area contributed by atoms with Crippen LogP contribution >= 0.6 is 0 Å². The Bertz CT molecular complexity index is 654. The number of amides is 2. The molecule has 0 heterocycles. The molecule has 4 nitrogen and oxygen atoms in total. The average Bonchev–Trinajstić information content (AvgIpc) is 3.02. The number of hydrogen-bond donors (Lipinski definition) is 2. The van der Waals surface area contributed by atoms with E-state index in [1.807, 2.05) is 0 Å². The molecule has 1 unspecified atom stereocenters. The number of carbonyl (C=O) groups is 1. The van der Waals surface area contributed by atoms with Gasteiger partial charge in [-0.05, 0) is 67.1 Å². The third kappa shape index (κ3) is 4.34. The van der Waals surface area contributed by atoms with Gasteiger partial charge in [-0.25, -0.2) is 4.79 Å². The fraction of sp³-hybridized carbons (Fsp3) is 0.619. The van der Waals surface area contributed by atoms with Crippen LogP contribution in [0.25, 0.3) is 0 Å². The minimum atomic E-state index is -0.0600. The van der Waals surface area contributed by atoms with E-state index in [4.69, 9.17) is 5.26 Å². The SMILES string of the molecule is CC(C)c1ccc2c(c1)C(NC(=O)NCC1CCC(C#N)CC1)CC2. The first-order chi connectivity index (χ1) is 12.1. The van der Waals surface area contributed by atoms with Crippen molar-refractivity contribution in [2.75, 3.05) is 6.54 Å². The third-order valence-corrected chi connectivity index (χ3v) is 5.80. The van der Waals surface area contributed by atoms with Crippen molar-refractivity contribution in [1.29, 1.82) is 5.26 Å². The Kier molecular flexibility index (Phi) is 5.63. The molecule has 2 amide bonds. The highest BCUT2D eigenvalue weighted by Gasteiger charge is 2.25. The minimum Gasteiger partial charge on any atom is -0.338 e. The lowest BCUT2D eigenvalue weighted by atomic mass is 9.83. The van der Waals surface area contributed by atoms with E-state index in [1.54, 1.807) is 0 Å². The standard InChI is InChI=1S/C21H29N3O/c1-14(2)18-8-7-17-9-10-20(19(17)11-18)24-21(25)23-13-16-5-3-15(12-22)4-6-16/h7-8,11,14-16,20H,3-6,9-10,13H2,1-2H3,(H2,23,24,25). The summed E-state index contributed by atoms with van der Waals surface area (Å²) in [7, 11) is 0. The number of rotatable bonds is 4. The maximum absolute atomic E-state index is 12.3. The van der Waals surface area contributed by atoms with Gasteiger partial charge in [-0.1, -0.05) is 32.0 Å². The number of nitriles is 1. The van der Waals surface area contributed by atoms with E-state index in [1.165, 1.54) is 16.7 Å². The van der Waals surface area contributed by atoms with Gasteiger partial charge in [-0.2, -0.15) is 5.26 Å². The van der Waals surface area contributed by atoms with Gasteiger partial charge in [0, 0.05) is 12.5 Å². The molecule has 2 aliphatic carbocycles. The molecule has 2 N–H and O–H groups in total. The fourth-order valence-electron chi connectivity index (χ4n) is 4.07. The van der Waals surface area contributed by atoms with Crippen LogP contribution in [-0.4, -0.2) is 12.6 Å². The van der Waals surface area contributed by atoms with Gasteiger partial charge >= 0.3 is 6.03 Å². The van der Waals surface area contributed by atoms with E-state index in [-0.39, 0.29) is 18.0 Å². The van der Waals surface area contributed by atoms with Gasteiger partial charge in [0.05, 0.1) is 12.1 Å². The zero-order valence-electron chi connectivity index (χ0n) is 15.3. The number of nitrogens with zero attached hydrogens (tertiary/aromatic N) is 1. The molecule has 1 fully saturated rings. The van der Waals surface area contributed by atoms with E-state index in [0.717, 1.165) is 45.1 Å². The zero-order chi connectivity index (χ0) is 17.8. The van der Waals surface area contributed by atoms with E-state index < -0.39 is 0 Å². The summed E-state index contributed by atoms with van der Waals surface area (Å²) in [6.07, 6.45) is 6.05. The number of carbonyl (C=O) groups excluding carboxylic acids is 1. The van der Waals surface area contributed by atoms with Crippen LogP contribution in [0.2, 0.25) is 0 Å². The van der Waals surface area contributed by atoms with E-state index in [2.05, 4.69) is 48.7 Å². The van der Waals surface area contributed by atoms with Crippen molar-refractivity contribution in [3.63, 3.8) is 0 Å². The molecule has 0 spiro atoms. The Morgan fingerprint density at radius 1 is 1.24 bits per heavy atom. The molecule has 1 aromatic carbocycles. The smallest absolute Gasteiger partial charge is 0.315 e. The molecule has 3 rings (SSSR count). The molecule has 1 atom stereocenters. The van der Waals surface area contributed by atoms with Crippen LogP contribution in [0.1, 0.15) is 74.6 Å². The van der Waals surface area contributed by atoms with Crippen molar-refractivity contribution in [2.24, 2.45) is 11.8 Å². The highest BCUT2D eigenvalue weighted by atomic mass is 16.2. The molecule has 1 aromatic rings. The number of fused-ring (bicyclic) bond motifs is 1. The molecule has 0 bridgehead atoms. The second-order valence-electron chi connectivity index (χ2n) is 7.91. The fourth-order valence-corrected chi connectivity index (χ4v) is 4.07. The van der Waals surface area contributed by atoms with Crippen molar-refractivity contribution >= 4 is 6.03 Å². The lowest BCUT2D eigenvalue weighted by Gasteiger charge is -2.25. The van der Waals surface area contributed by atoms with Gasteiger partial charge in [0.2, 0.25) is 0 Å². The lowest BCUT2D eigenvalue weighted by molar-refractivity contribution is 0.231. The number of urea groups is 1. The maximum atomic E-state index is 12.3. The Hall–Kier alpha value is -2.02. The largest absolute Gasteiger partial charge is 0.338 e. The molecule has 4 heteroatoms. The summed E-state index contributed by atoms with van der Waals surface area (Å²) in [5.74, 6) is 1.23. The van der Waals surface area contributed by atoms with Gasteiger partial charge in [0.1, 0.15) is 0 Å². The van der Waals surface area contributed by atoms with Crippen molar-refractivity contribution in [2.45, 2.75) is 64.3 Å². The van der Waals surface area contributed by atoms with Crippen LogP contribution in [0.4, 0.5) is 4.79 Å². The van der Waals surface area contributed by atoms with Crippen molar-refractivity contribution < 1.29 is 4.79 Å². The Labute approximate surface area is 151 Å². The Morgan fingerprint density at radius 3 is 2.68 bits per heavy atom. The maximum Gasteiger partial charge on any atom is 0.315 e. The van der Waals surface area contributed by atoms with E-state index in [0.29, 0.717) is 11.8 Å². The van der Waals surface area contributed by atoms with Crippen LogP contribution in [-0.2, 0) is 6.42 Å². The summed E-state index contributed by atoms with van der Waals surface area (Å²) in [4.78, 5) is 12.3. The number of nitrogens with one attached hydrogen (secondary N) is 2. The van der Waals surface area contributed by atoms with E-state index >= 15 is 0 Å².